The summed E-state index contributed by atoms with van der Waals surface area (Å²) < 4.78 is 22.4. The number of rotatable bonds is 5. The standard InChI is InChI=1S/C13H20N2O3S.ClH/c1-9(2)12(14)13(16)15-11-6-4-5-10(7-11)8-19(3,17)18;/h4-7,9,12H,8,14H2,1-3H3,(H,15,16);1H/t12-;/m0./s1. The Balaban J connectivity index is 0.00000361. The van der Waals surface area contributed by atoms with Crippen LogP contribution in [0.3, 0.4) is 0 Å². The molecule has 1 amide bonds. The Labute approximate surface area is 126 Å². The molecule has 3 N–H and O–H groups in total. The second-order valence-electron chi connectivity index (χ2n) is 5.03. The number of benzene rings is 1. The van der Waals surface area contributed by atoms with E-state index in [-0.39, 0.29) is 30.0 Å². The van der Waals surface area contributed by atoms with E-state index in [0.717, 1.165) is 0 Å². The summed E-state index contributed by atoms with van der Waals surface area (Å²) in [4.78, 5) is 11.8. The number of nitrogens with two attached hydrogens (primary N) is 1. The van der Waals surface area contributed by atoms with E-state index in [1.54, 1.807) is 24.3 Å². The molecule has 7 heteroatoms. The minimum Gasteiger partial charge on any atom is -0.325 e. The smallest absolute Gasteiger partial charge is 0.241 e. The summed E-state index contributed by atoms with van der Waals surface area (Å²) in [5, 5.41) is 2.69. The van der Waals surface area contributed by atoms with Gasteiger partial charge in [0.2, 0.25) is 5.91 Å². The van der Waals surface area contributed by atoms with Crippen LogP contribution in [0.1, 0.15) is 19.4 Å². The lowest BCUT2D eigenvalue weighted by Gasteiger charge is -2.15. The van der Waals surface area contributed by atoms with Gasteiger partial charge in [0, 0.05) is 11.9 Å². The first-order chi connectivity index (χ1) is 8.69. The van der Waals surface area contributed by atoms with Gasteiger partial charge in [-0.3, -0.25) is 4.79 Å². The molecule has 1 rings (SSSR count). The van der Waals surface area contributed by atoms with Crippen molar-refractivity contribution in [1.82, 2.24) is 0 Å². The summed E-state index contributed by atoms with van der Waals surface area (Å²) in [5.74, 6) is -0.279. The molecule has 0 heterocycles. The van der Waals surface area contributed by atoms with Crippen molar-refractivity contribution < 1.29 is 13.2 Å². The lowest BCUT2D eigenvalue weighted by Crippen LogP contribution is -2.39. The van der Waals surface area contributed by atoms with Crippen LogP contribution >= 0.6 is 12.4 Å². The van der Waals surface area contributed by atoms with Crippen LogP contribution in [-0.4, -0.2) is 26.6 Å². The van der Waals surface area contributed by atoms with Crippen molar-refractivity contribution in [2.75, 3.05) is 11.6 Å². The number of amides is 1. The largest absolute Gasteiger partial charge is 0.325 e. The maximum absolute atomic E-state index is 11.8. The fourth-order valence-corrected chi connectivity index (χ4v) is 2.36. The van der Waals surface area contributed by atoms with Gasteiger partial charge in [-0.05, 0) is 23.6 Å². The summed E-state index contributed by atoms with van der Waals surface area (Å²) in [6.45, 7) is 3.73. The van der Waals surface area contributed by atoms with E-state index < -0.39 is 15.9 Å². The number of hydrogen-bond acceptors (Lipinski definition) is 4. The van der Waals surface area contributed by atoms with Gasteiger partial charge in [-0.15, -0.1) is 12.4 Å². The molecule has 0 saturated carbocycles. The number of anilines is 1. The molecule has 20 heavy (non-hydrogen) atoms. The lowest BCUT2D eigenvalue weighted by molar-refractivity contribution is -0.118. The highest BCUT2D eigenvalue weighted by molar-refractivity contribution is 7.89. The first-order valence-electron chi connectivity index (χ1n) is 6.02. The Bertz CT molecular complexity index is 558. The average molecular weight is 321 g/mol. The number of hydrogen-bond donors (Lipinski definition) is 2. The van der Waals surface area contributed by atoms with Crippen molar-refractivity contribution in [2.45, 2.75) is 25.6 Å². The third-order valence-corrected chi connectivity index (χ3v) is 3.50. The molecule has 0 radical (unpaired) electrons. The first-order valence-corrected chi connectivity index (χ1v) is 8.08. The van der Waals surface area contributed by atoms with E-state index in [1.807, 2.05) is 13.8 Å². The molecule has 0 aromatic heterocycles. The van der Waals surface area contributed by atoms with Gasteiger partial charge in [-0.1, -0.05) is 26.0 Å². The number of halogens is 1. The second-order valence-corrected chi connectivity index (χ2v) is 7.17. The molecule has 0 unspecified atom stereocenters. The third kappa shape index (κ3) is 6.36. The molecule has 0 aliphatic carbocycles. The van der Waals surface area contributed by atoms with Crippen LogP contribution < -0.4 is 11.1 Å². The van der Waals surface area contributed by atoms with Crippen molar-refractivity contribution in [3.8, 4) is 0 Å². The topological polar surface area (TPSA) is 89.3 Å². The van der Waals surface area contributed by atoms with E-state index in [4.69, 9.17) is 5.73 Å². The predicted octanol–water partition coefficient (Wildman–Crippen LogP) is 1.57. The maximum Gasteiger partial charge on any atom is 0.241 e. The SMILES string of the molecule is CC(C)[C@H](N)C(=O)Nc1cccc(CS(C)(=O)=O)c1.Cl. The molecule has 1 aromatic carbocycles. The molecule has 0 aliphatic rings. The van der Waals surface area contributed by atoms with E-state index in [9.17, 15) is 13.2 Å². The normalized spacial score (nSPS) is 12.7. The molecular weight excluding hydrogens is 300 g/mol. The molecule has 0 bridgehead atoms. The lowest BCUT2D eigenvalue weighted by atomic mass is 10.0. The van der Waals surface area contributed by atoms with Crippen molar-refractivity contribution in [1.29, 1.82) is 0 Å². The average Bonchev–Trinajstić information content (AvgIpc) is 2.25. The van der Waals surface area contributed by atoms with E-state index in [2.05, 4.69) is 5.32 Å². The van der Waals surface area contributed by atoms with Gasteiger partial charge in [-0.2, -0.15) is 0 Å². The van der Waals surface area contributed by atoms with Crippen LogP contribution in [0, 0.1) is 5.92 Å². The van der Waals surface area contributed by atoms with Crippen LogP contribution in [-0.2, 0) is 20.4 Å². The minimum atomic E-state index is -3.09. The molecule has 0 saturated heterocycles. The van der Waals surface area contributed by atoms with Crippen molar-refractivity contribution in [2.24, 2.45) is 11.7 Å². The summed E-state index contributed by atoms with van der Waals surface area (Å²) in [6.07, 6.45) is 1.17. The molecule has 5 nitrogen and oxygen atoms in total. The number of carbonyl (C=O) groups excluding carboxylic acids is 1. The third-order valence-electron chi connectivity index (χ3n) is 2.64. The van der Waals surface area contributed by atoms with Crippen LogP contribution in [0.5, 0.6) is 0 Å². The summed E-state index contributed by atoms with van der Waals surface area (Å²) >= 11 is 0. The zero-order valence-corrected chi connectivity index (χ0v) is 13.4. The van der Waals surface area contributed by atoms with Gasteiger partial charge >= 0.3 is 0 Å². The predicted molar refractivity (Wildman–Crippen MR) is 83.7 cm³/mol. The molecular formula is C13H21ClN2O3S. The highest BCUT2D eigenvalue weighted by Crippen LogP contribution is 2.14. The van der Waals surface area contributed by atoms with Crippen LogP contribution in [0.4, 0.5) is 5.69 Å². The van der Waals surface area contributed by atoms with Gasteiger partial charge in [0.15, 0.2) is 9.84 Å². The highest BCUT2D eigenvalue weighted by atomic mass is 35.5. The van der Waals surface area contributed by atoms with E-state index >= 15 is 0 Å². The van der Waals surface area contributed by atoms with Crippen LogP contribution in [0.15, 0.2) is 24.3 Å². The highest BCUT2D eigenvalue weighted by Gasteiger charge is 2.17. The fourth-order valence-electron chi connectivity index (χ4n) is 1.57. The van der Waals surface area contributed by atoms with Gasteiger partial charge in [-0.25, -0.2) is 8.42 Å². The van der Waals surface area contributed by atoms with Crippen LogP contribution in [0.2, 0.25) is 0 Å². The number of sulfone groups is 1. The Kier molecular flexibility index (Phi) is 7.19. The monoisotopic (exact) mass is 320 g/mol. The Morgan fingerprint density at radius 2 is 1.95 bits per heavy atom. The Morgan fingerprint density at radius 3 is 2.45 bits per heavy atom. The van der Waals surface area contributed by atoms with Gasteiger partial charge < -0.3 is 11.1 Å². The van der Waals surface area contributed by atoms with E-state index in [1.165, 1.54) is 6.26 Å². The summed E-state index contributed by atoms with van der Waals surface area (Å²) in [7, 11) is -3.09. The summed E-state index contributed by atoms with van der Waals surface area (Å²) in [6, 6.07) is 6.18. The maximum atomic E-state index is 11.8. The van der Waals surface area contributed by atoms with Gasteiger partial charge in [0.05, 0.1) is 11.8 Å². The first kappa shape index (κ1) is 18.9. The number of nitrogens with one attached hydrogen (secondary N) is 1. The van der Waals surface area contributed by atoms with Gasteiger partial charge in [0.25, 0.3) is 0 Å². The zero-order chi connectivity index (χ0) is 14.6. The Morgan fingerprint density at radius 1 is 1.35 bits per heavy atom. The second kappa shape index (κ2) is 7.61. The minimum absolute atomic E-state index is 0. The van der Waals surface area contributed by atoms with Crippen LogP contribution in [0.25, 0.3) is 0 Å². The van der Waals surface area contributed by atoms with Crippen molar-refractivity contribution in [3.05, 3.63) is 29.8 Å². The Hall–Kier alpha value is -1.11. The summed E-state index contributed by atoms with van der Waals surface area (Å²) in [5.41, 5.74) is 6.93. The fraction of sp³-hybridized carbons (Fsp3) is 0.462. The van der Waals surface area contributed by atoms with E-state index in [0.29, 0.717) is 11.3 Å². The zero-order valence-electron chi connectivity index (χ0n) is 11.8. The van der Waals surface area contributed by atoms with Crippen molar-refractivity contribution in [3.63, 3.8) is 0 Å². The molecule has 0 spiro atoms. The number of carbonyl (C=O) groups is 1. The molecule has 114 valence electrons. The molecule has 1 atom stereocenters. The van der Waals surface area contributed by atoms with Crippen molar-refractivity contribution >= 4 is 33.8 Å². The molecule has 0 fully saturated rings. The van der Waals surface area contributed by atoms with Gasteiger partial charge in [0.1, 0.15) is 0 Å². The molecule has 0 aliphatic heterocycles. The quantitative estimate of drug-likeness (QED) is 0.862. The molecule has 1 aromatic rings.